The molecule has 0 radical (unpaired) electrons. The fourth-order valence-corrected chi connectivity index (χ4v) is 4.22. The predicted molar refractivity (Wildman–Crippen MR) is 118 cm³/mol. The molecule has 0 saturated carbocycles. The maximum absolute atomic E-state index is 12.6. The molecule has 1 unspecified atom stereocenters. The third kappa shape index (κ3) is 4.82. The van der Waals surface area contributed by atoms with Gasteiger partial charge >= 0.3 is 6.03 Å². The normalized spacial score (nSPS) is 20.4. The summed E-state index contributed by atoms with van der Waals surface area (Å²) in [6.45, 7) is 7.43. The van der Waals surface area contributed by atoms with E-state index in [4.69, 9.17) is 0 Å². The molecule has 0 aromatic heterocycles. The number of nitrogens with zero attached hydrogens (tertiary/aromatic N) is 3. The van der Waals surface area contributed by atoms with E-state index < -0.39 is 0 Å². The molecular formula is C24H30N4O2. The predicted octanol–water partition coefficient (Wildman–Crippen LogP) is 3.19. The summed E-state index contributed by atoms with van der Waals surface area (Å²) in [6.07, 6.45) is 1.13. The van der Waals surface area contributed by atoms with Gasteiger partial charge in [0.15, 0.2) is 0 Å². The van der Waals surface area contributed by atoms with Crippen molar-refractivity contribution in [2.75, 3.05) is 44.2 Å². The van der Waals surface area contributed by atoms with E-state index in [2.05, 4.69) is 39.4 Å². The van der Waals surface area contributed by atoms with E-state index in [1.54, 1.807) is 0 Å². The second-order valence-corrected chi connectivity index (χ2v) is 8.18. The third-order valence-corrected chi connectivity index (χ3v) is 6.05. The topological polar surface area (TPSA) is 55.9 Å². The molecule has 2 aliphatic rings. The van der Waals surface area contributed by atoms with Gasteiger partial charge in [0.05, 0.1) is 12.5 Å². The zero-order chi connectivity index (χ0) is 20.9. The highest BCUT2D eigenvalue weighted by Crippen LogP contribution is 2.23. The minimum absolute atomic E-state index is 0.0850. The fourth-order valence-electron chi connectivity index (χ4n) is 4.22. The largest absolute Gasteiger partial charge is 0.369 e. The Balaban J connectivity index is 1.22. The Morgan fingerprint density at radius 3 is 2.27 bits per heavy atom. The van der Waals surface area contributed by atoms with Gasteiger partial charge in [0.1, 0.15) is 0 Å². The number of nitrogens with one attached hydrogen (secondary N) is 1. The Bertz CT molecular complexity index is 843. The Hall–Kier alpha value is -2.86. The molecule has 2 aromatic rings. The maximum Gasteiger partial charge on any atom is 0.324 e. The van der Waals surface area contributed by atoms with Crippen molar-refractivity contribution < 1.29 is 9.59 Å². The molecular weight excluding hydrogens is 376 g/mol. The molecule has 1 atom stereocenters. The molecule has 3 amide bonds. The first kappa shape index (κ1) is 20.4. The first-order chi connectivity index (χ1) is 14.6. The number of urea groups is 1. The van der Waals surface area contributed by atoms with Crippen LogP contribution >= 0.6 is 0 Å². The molecule has 2 aromatic carbocycles. The van der Waals surface area contributed by atoms with E-state index in [0.717, 1.165) is 44.7 Å². The quantitative estimate of drug-likeness (QED) is 0.801. The lowest BCUT2D eigenvalue weighted by molar-refractivity contribution is -0.130. The van der Waals surface area contributed by atoms with Crippen LogP contribution < -0.4 is 10.2 Å². The van der Waals surface area contributed by atoms with E-state index in [-0.39, 0.29) is 18.0 Å². The van der Waals surface area contributed by atoms with Crippen LogP contribution in [0.1, 0.15) is 30.0 Å². The second-order valence-electron chi connectivity index (χ2n) is 8.18. The van der Waals surface area contributed by atoms with Gasteiger partial charge in [0.2, 0.25) is 5.91 Å². The van der Waals surface area contributed by atoms with Crippen molar-refractivity contribution >= 4 is 17.6 Å². The molecule has 1 N–H and O–H groups in total. The van der Waals surface area contributed by atoms with Gasteiger partial charge in [0.25, 0.3) is 0 Å². The third-order valence-electron chi connectivity index (χ3n) is 6.05. The number of para-hydroxylation sites is 1. The molecule has 0 aliphatic carbocycles. The molecule has 158 valence electrons. The molecule has 2 saturated heterocycles. The van der Waals surface area contributed by atoms with Crippen molar-refractivity contribution in [3.05, 3.63) is 65.7 Å². The summed E-state index contributed by atoms with van der Waals surface area (Å²) in [5.41, 5.74) is 3.42. The van der Waals surface area contributed by atoms with Crippen molar-refractivity contribution in [1.29, 1.82) is 0 Å². The van der Waals surface area contributed by atoms with E-state index in [0.29, 0.717) is 13.0 Å². The van der Waals surface area contributed by atoms with Crippen molar-refractivity contribution in [2.24, 2.45) is 0 Å². The van der Waals surface area contributed by atoms with Crippen LogP contribution in [0, 0.1) is 6.92 Å². The summed E-state index contributed by atoms with van der Waals surface area (Å²) >= 11 is 0. The van der Waals surface area contributed by atoms with Crippen LogP contribution in [-0.4, -0.2) is 61.0 Å². The summed E-state index contributed by atoms with van der Waals surface area (Å²) < 4.78 is 0. The van der Waals surface area contributed by atoms with Gasteiger partial charge in [-0.1, -0.05) is 48.0 Å². The molecule has 0 bridgehead atoms. The number of piperazine rings is 1. The zero-order valence-electron chi connectivity index (χ0n) is 17.6. The second kappa shape index (κ2) is 9.30. The highest BCUT2D eigenvalue weighted by molar-refractivity contribution is 5.97. The summed E-state index contributed by atoms with van der Waals surface area (Å²) in [5, 5.41) is 2.99. The van der Waals surface area contributed by atoms with Gasteiger partial charge in [0, 0.05) is 38.4 Å². The molecule has 4 rings (SSSR count). The standard InChI is InChI=1S/C24H30N4O2/c1-19-8-10-20(11-9-19)22-18-23(29)28(24(30)25-22)13-5-12-26-14-16-27(17-15-26)21-6-3-2-4-7-21/h2-4,6-11,22H,5,12-18H2,1H3,(H,25,30). The minimum Gasteiger partial charge on any atom is -0.369 e. The van der Waals surface area contributed by atoms with Gasteiger partial charge in [-0.25, -0.2) is 4.79 Å². The number of aryl methyl sites for hydroxylation is 1. The molecule has 30 heavy (non-hydrogen) atoms. The molecule has 0 spiro atoms. The summed E-state index contributed by atoms with van der Waals surface area (Å²) in [6, 6.07) is 18.0. The van der Waals surface area contributed by atoms with Gasteiger partial charge < -0.3 is 10.2 Å². The molecule has 2 fully saturated rings. The first-order valence-electron chi connectivity index (χ1n) is 10.8. The number of carbonyl (C=O) groups is 2. The molecule has 2 aliphatic heterocycles. The van der Waals surface area contributed by atoms with Crippen LogP contribution in [0.3, 0.4) is 0 Å². The summed E-state index contributed by atoms with van der Waals surface area (Å²) in [7, 11) is 0. The lowest BCUT2D eigenvalue weighted by atomic mass is 10.0. The van der Waals surface area contributed by atoms with Crippen LogP contribution in [-0.2, 0) is 4.79 Å². The van der Waals surface area contributed by atoms with Gasteiger partial charge in [-0.15, -0.1) is 0 Å². The fraction of sp³-hybridized carbons (Fsp3) is 0.417. The first-order valence-corrected chi connectivity index (χ1v) is 10.8. The number of amides is 3. The maximum atomic E-state index is 12.6. The number of hydrogen-bond acceptors (Lipinski definition) is 4. The molecule has 2 heterocycles. The van der Waals surface area contributed by atoms with E-state index in [1.165, 1.54) is 16.2 Å². The summed E-state index contributed by atoms with van der Waals surface area (Å²) in [4.78, 5) is 31.3. The Kier molecular flexibility index (Phi) is 6.33. The smallest absolute Gasteiger partial charge is 0.324 e. The minimum atomic E-state index is -0.272. The van der Waals surface area contributed by atoms with Crippen molar-refractivity contribution in [2.45, 2.75) is 25.8 Å². The highest BCUT2D eigenvalue weighted by Gasteiger charge is 2.32. The zero-order valence-corrected chi connectivity index (χ0v) is 17.6. The Labute approximate surface area is 178 Å². The lowest BCUT2D eigenvalue weighted by Crippen LogP contribution is -2.52. The number of anilines is 1. The van der Waals surface area contributed by atoms with Crippen LogP contribution in [0.15, 0.2) is 54.6 Å². The number of imide groups is 1. The van der Waals surface area contributed by atoms with Crippen molar-refractivity contribution in [3.63, 3.8) is 0 Å². The number of rotatable bonds is 6. The van der Waals surface area contributed by atoms with Crippen LogP contribution in [0.5, 0.6) is 0 Å². The van der Waals surface area contributed by atoms with E-state index in [9.17, 15) is 9.59 Å². The van der Waals surface area contributed by atoms with Crippen LogP contribution in [0.25, 0.3) is 0 Å². The summed E-state index contributed by atoms with van der Waals surface area (Å²) in [5.74, 6) is -0.0850. The average molecular weight is 407 g/mol. The average Bonchev–Trinajstić information content (AvgIpc) is 2.77. The number of benzene rings is 2. The monoisotopic (exact) mass is 406 g/mol. The number of carbonyl (C=O) groups excluding carboxylic acids is 2. The van der Waals surface area contributed by atoms with Gasteiger partial charge in [-0.3, -0.25) is 14.6 Å². The van der Waals surface area contributed by atoms with E-state index >= 15 is 0 Å². The lowest BCUT2D eigenvalue weighted by Gasteiger charge is -2.36. The van der Waals surface area contributed by atoms with E-state index in [1.807, 2.05) is 37.3 Å². The van der Waals surface area contributed by atoms with Crippen LogP contribution in [0.2, 0.25) is 0 Å². The molecule has 6 nitrogen and oxygen atoms in total. The van der Waals surface area contributed by atoms with Gasteiger partial charge in [-0.05, 0) is 37.6 Å². The molecule has 6 heteroatoms. The van der Waals surface area contributed by atoms with Gasteiger partial charge in [-0.2, -0.15) is 0 Å². The van der Waals surface area contributed by atoms with Crippen molar-refractivity contribution in [3.8, 4) is 0 Å². The van der Waals surface area contributed by atoms with Crippen molar-refractivity contribution in [1.82, 2.24) is 15.1 Å². The number of hydrogen-bond donors (Lipinski definition) is 1. The Morgan fingerprint density at radius 1 is 0.900 bits per heavy atom. The van der Waals surface area contributed by atoms with Crippen LogP contribution in [0.4, 0.5) is 10.5 Å². The Morgan fingerprint density at radius 2 is 1.60 bits per heavy atom. The SMILES string of the molecule is Cc1ccc(C2CC(=O)N(CCCN3CCN(c4ccccc4)CC3)C(=O)N2)cc1. The highest BCUT2D eigenvalue weighted by atomic mass is 16.2.